The fraction of sp³-hybridized carbons (Fsp3) is 0.444. The minimum Gasteiger partial charge on any atom is -0.497 e. The third-order valence-electron chi connectivity index (χ3n) is 7.07. The predicted molar refractivity (Wildman–Crippen MR) is 137 cm³/mol. The Labute approximate surface area is 217 Å². The summed E-state index contributed by atoms with van der Waals surface area (Å²) in [6.45, 7) is 1.53. The van der Waals surface area contributed by atoms with E-state index in [0.717, 1.165) is 42.0 Å². The summed E-state index contributed by atoms with van der Waals surface area (Å²) in [4.78, 5) is 40.7. The molecule has 0 saturated heterocycles. The van der Waals surface area contributed by atoms with Gasteiger partial charge in [-0.25, -0.2) is 12.7 Å². The number of carbonyl (C=O) groups is 3. The van der Waals surface area contributed by atoms with Gasteiger partial charge < -0.3 is 15.0 Å². The number of fused-ring (bicyclic) bond motifs is 1. The maximum atomic E-state index is 13.4. The maximum absolute atomic E-state index is 13.4. The lowest BCUT2D eigenvalue weighted by Gasteiger charge is -2.31. The van der Waals surface area contributed by atoms with E-state index < -0.39 is 27.9 Å². The number of hydrogen-bond acceptors (Lipinski definition) is 6. The van der Waals surface area contributed by atoms with Crippen LogP contribution in [0.4, 0.5) is 0 Å². The highest BCUT2D eigenvalue weighted by Gasteiger charge is 2.41. The number of methoxy groups -OCH3 is 1. The van der Waals surface area contributed by atoms with Crippen LogP contribution in [0.5, 0.6) is 5.75 Å². The normalized spacial score (nSPS) is 17.7. The summed E-state index contributed by atoms with van der Waals surface area (Å²) >= 11 is 0. The molecular formula is C27H33N3O6S. The van der Waals surface area contributed by atoms with E-state index in [4.69, 9.17) is 4.74 Å². The van der Waals surface area contributed by atoms with Crippen molar-refractivity contribution in [3.8, 4) is 5.75 Å². The monoisotopic (exact) mass is 527 g/mol. The van der Waals surface area contributed by atoms with E-state index in [2.05, 4.69) is 5.32 Å². The lowest BCUT2D eigenvalue weighted by atomic mass is 9.95. The Balaban J connectivity index is 1.50. The molecule has 1 aliphatic carbocycles. The van der Waals surface area contributed by atoms with Crippen LogP contribution in [0.2, 0.25) is 0 Å². The van der Waals surface area contributed by atoms with E-state index in [-0.39, 0.29) is 41.9 Å². The molecule has 198 valence electrons. The molecule has 1 saturated carbocycles. The van der Waals surface area contributed by atoms with Gasteiger partial charge in [0.05, 0.1) is 12.7 Å². The largest absolute Gasteiger partial charge is 0.497 e. The Morgan fingerprint density at radius 2 is 1.76 bits per heavy atom. The van der Waals surface area contributed by atoms with Gasteiger partial charge in [-0.3, -0.25) is 14.4 Å². The number of nitrogens with one attached hydrogen (secondary N) is 1. The van der Waals surface area contributed by atoms with Gasteiger partial charge in [-0.05, 0) is 49.6 Å². The van der Waals surface area contributed by atoms with Crippen molar-refractivity contribution in [1.82, 2.24) is 14.5 Å². The molecule has 1 atom stereocenters. The average molecular weight is 528 g/mol. The molecule has 2 aromatic rings. The van der Waals surface area contributed by atoms with Crippen molar-refractivity contribution in [3.63, 3.8) is 0 Å². The standard InChI is InChI=1S/C27H33N3O6S/c1-19(26(32)28-21-8-4-3-5-9-21)29(18-20-12-14-22(36-2)15-13-20)25(31)16-17-30-27(33)23-10-6-7-11-24(23)37(30,34)35/h6-7,10-15,19,21H,3-5,8-9,16-18H2,1-2H3,(H,28,32)/t19-/m1/s1. The highest BCUT2D eigenvalue weighted by molar-refractivity contribution is 7.90. The van der Waals surface area contributed by atoms with E-state index in [9.17, 15) is 22.8 Å². The molecular weight excluding hydrogens is 494 g/mol. The van der Waals surface area contributed by atoms with Crippen LogP contribution in [0.3, 0.4) is 0 Å². The van der Waals surface area contributed by atoms with Crippen molar-refractivity contribution in [1.29, 1.82) is 0 Å². The predicted octanol–water partition coefficient (Wildman–Crippen LogP) is 3.10. The summed E-state index contributed by atoms with van der Waals surface area (Å²) in [5.74, 6) is -0.637. The molecule has 0 radical (unpaired) electrons. The summed E-state index contributed by atoms with van der Waals surface area (Å²) in [6, 6.07) is 12.5. The zero-order valence-corrected chi connectivity index (χ0v) is 22.0. The van der Waals surface area contributed by atoms with Gasteiger partial charge in [0.2, 0.25) is 11.8 Å². The number of sulfonamides is 1. The van der Waals surface area contributed by atoms with Gasteiger partial charge in [0.15, 0.2) is 0 Å². The van der Waals surface area contributed by atoms with Crippen LogP contribution in [0.15, 0.2) is 53.4 Å². The molecule has 10 heteroatoms. The number of nitrogens with zero attached hydrogens (tertiary/aromatic N) is 2. The number of rotatable bonds is 9. The van der Waals surface area contributed by atoms with Crippen molar-refractivity contribution in [3.05, 3.63) is 59.7 Å². The van der Waals surface area contributed by atoms with Crippen LogP contribution in [0, 0.1) is 0 Å². The van der Waals surface area contributed by atoms with E-state index in [1.165, 1.54) is 17.0 Å². The smallest absolute Gasteiger partial charge is 0.269 e. The van der Waals surface area contributed by atoms with Gasteiger partial charge in [0.25, 0.3) is 15.9 Å². The summed E-state index contributed by atoms with van der Waals surface area (Å²) in [5, 5.41) is 3.07. The first kappa shape index (κ1) is 26.7. The molecule has 3 amide bonds. The zero-order valence-electron chi connectivity index (χ0n) is 21.2. The van der Waals surface area contributed by atoms with Crippen molar-refractivity contribution >= 4 is 27.7 Å². The van der Waals surface area contributed by atoms with Crippen LogP contribution >= 0.6 is 0 Å². The van der Waals surface area contributed by atoms with Gasteiger partial charge in [-0.2, -0.15) is 0 Å². The quantitative estimate of drug-likeness (QED) is 0.536. The molecule has 2 aliphatic rings. The van der Waals surface area contributed by atoms with E-state index >= 15 is 0 Å². The Bertz CT molecular complexity index is 1260. The lowest BCUT2D eigenvalue weighted by molar-refractivity contribution is -0.141. The van der Waals surface area contributed by atoms with Crippen LogP contribution in [0.1, 0.15) is 61.4 Å². The first-order valence-corrected chi connectivity index (χ1v) is 14.0. The fourth-order valence-electron chi connectivity index (χ4n) is 4.87. The Hall–Kier alpha value is -3.40. The number of hydrogen-bond donors (Lipinski definition) is 1. The molecule has 0 aromatic heterocycles. The van der Waals surface area contributed by atoms with Gasteiger partial charge in [0, 0.05) is 25.6 Å². The molecule has 1 N–H and O–H groups in total. The fourth-order valence-corrected chi connectivity index (χ4v) is 6.44. The molecule has 0 unspecified atom stereocenters. The van der Waals surface area contributed by atoms with Crippen molar-refractivity contribution in [2.75, 3.05) is 13.7 Å². The summed E-state index contributed by atoms with van der Waals surface area (Å²) in [7, 11) is -2.46. The van der Waals surface area contributed by atoms with Crippen molar-refractivity contribution in [2.45, 2.75) is 69.0 Å². The number of amides is 3. The third-order valence-corrected chi connectivity index (χ3v) is 8.91. The highest BCUT2D eigenvalue weighted by Crippen LogP contribution is 2.30. The van der Waals surface area contributed by atoms with Crippen LogP contribution < -0.4 is 10.1 Å². The summed E-state index contributed by atoms with van der Waals surface area (Å²) in [6.07, 6.45) is 4.88. The van der Waals surface area contributed by atoms with E-state index in [1.807, 2.05) is 12.1 Å². The number of benzene rings is 2. The van der Waals surface area contributed by atoms with E-state index in [0.29, 0.717) is 5.75 Å². The summed E-state index contributed by atoms with van der Waals surface area (Å²) in [5.41, 5.74) is 0.897. The molecule has 1 aliphatic heterocycles. The third kappa shape index (κ3) is 5.79. The second kappa shape index (κ2) is 11.3. The topological polar surface area (TPSA) is 113 Å². The molecule has 4 rings (SSSR count). The van der Waals surface area contributed by atoms with Crippen molar-refractivity contribution in [2.24, 2.45) is 0 Å². The zero-order chi connectivity index (χ0) is 26.6. The molecule has 1 heterocycles. The Morgan fingerprint density at radius 3 is 2.41 bits per heavy atom. The second-order valence-electron chi connectivity index (χ2n) is 9.52. The molecule has 0 spiro atoms. The first-order chi connectivity index (χ1) is 17.7. The van der Waals surface area contributed by atoms with Gasteiger partial charge in [0.1, 0.15) is 16.7 Å². The highest BCUT2D eigenvalue weighted by atomic mass is 32.2. The van der Waals surface area contributed by atoms with Gasteiger partial charge >= 0.3 is 0 Å². The Morgan fingerprint density at radius 1 is 1.08 bits per heavy atom. The van der Waals surface area contributed by atoms with Crippen LogP contribution in [-0.4, -0.2) is 61.1 Å². The molecule has 0 bridgehead atoms. The lowest BCUT2D eigenvalue weighted by Crippen LogP contribution is -2.50. The van der Waals surface area contributed by atoms with Crippen molar-refractivity contribution < 1.29 is 27.5 Å². The molecule has 9 nitrogen and oxygen atoms in total. The molecule has 2 aromatic carbocycles. The molecule has 37 heavy (non-hydrogen) atoms. The van der Waals surface area contributed by atoms with Crippen LogP contribution in [0.25, 0.3) is 0 Å². The molecule has 1 fully saturated rings. The second-order valence-corrected chi connectivity index (χ2v) is 11.3. The van der Waals surface area contributed by atoms with Gasteiger partial charge in [-0.1, -0.05) is 43.5 Å². The van der Waals surface area contributed by atoms with E-state index in [1.54, 1.807) is 38.3 Å². The van der Waals surface area contributed by atoms with Crippen LogP contribution in [-0.2, 0) is 26.2 Å². The minimum absolute atomic E-state index is 0.0530. The number of ether oxygens (including phenoxy) is 1. The van der Waals surface area contributed by atoms with Gasteiger partial charge in [-0.15, -0.1) is 0 Å². The number of carbonyl (C=O) groups excluding carboxylic acids is 3. The minimum atomic E-state index is -4.02. The maximum Gasteiger partial charge on any atom is 0.269 e. The average Bonchev–Trinajstić information content (AvgIpc) is 3.11. The first-order valence-electron chi connectivity index (χ1n) is 12.6. The SMILES string of the molecule is COc1ccc(CN(C(=O)CCN2C(=O)c3ccccc3S2(=O)=O)[C@H](C)C(=O)NC2CCCCC2)cc1. The Kier molecular flexibility index (Phi) is 8.16. The summed E-state index contributed by atoms with van der Waals surface area (Å²) < 4.78 is 31.7.